The van der Waals surface area contributed by atoms with Crippen molar-refractivity contribution in [2.45, 2.75) is 25.2 Å². The molecule has 0 bridgehead atoms. The Kier molecular flexibility index (Phi) is 4.32. The Morgan fingerprint density at radius 3 is 2.45 bits per heavy atom. The maximum absolute atomic E-state index is 10.2. The van der Waals surface area contributed by atoms with Gasteiger partial charge in [-0.2, -0.15) is 8.42 Å². The minimum absolute atomic E-state index is 0.0309. The molecule has 0 heterocycles. The van der Waals surface area contributed by atoms with Gasteiger partial charge in [0.1, 0.15) is 0 Å². The van der Waals surface area contributed by atoms with E-state index in [4.69, 9.17) is 9.66 Å². The van der Waals surface area contributed by atoms with Crippen LogP contribution in [0.4, 0.5) is 0 Å². The fourth-order valence-electron chi connectivity index (χ4n) is 0.554. The maximum atomic E-state index is 10.2. The molecule has 0 saturated carbocycles. The molecule has 1 atom stereocenters. The zero-order valence-electron chi connectivity index (χ0n) is 6.27. The average Bonchev–Trinajstić information content (AvgIpc) is 1.86. The van der Waals surface area contributed by atoms with Gasteiger partial charge < -0.3 is 5.11 Å². The van der Waals surface area contributed by atoms with Crippen LogP contribution in [-0.4, -0.2) is 23.5 Å². The van der Waals surface area contributed by atoms with Crippen LogP contribution in [0.2, 0.25) is 0 Å². The number of aliphatic hydroxyl groups is 1. The molecule has 0 saturated heterocycles. The van der Waals surface area contributed by atoms with Crippen LogP contribution in [0.3, 0.4) is 0 Å². The normalized spacial score (nSPS) is 15.5. The molecule has 1 unspecified atom stereocenters. The minimum atomic E-state index is -4.26. The van der Waals surface area contributed by atoms with Gasteiger partial charge in [0, 0.05) is 0 Å². The van der Waals surface area contributed by atoms with Crippen molar-refractivity contribution in [2.24, 2.45) is 0 Å². The molecule has 0 aromatic heterocycles. The summed E-state index contributed by atoms with van der Waals surface area (Å²) in [5.41, 5.74) is -1.65. The molecule has 0 amide bonds. The summed E-state index contributed by atoms with van der Waals surface area (Å²) < 4.78 is 28.7. The zero-order chi connectivity index (χ0) is 8.91. The zero-order valence-corrected chi connectivity index (χ0v) is 7.08. The lowest BCUT2D eigenvalue weighted by Crippen LogP contribution is -2.19. The lowest BCUT2D eigenvalue weighted by molar-refractivity contribution is 0.225. The Labute approximate surface area is 66.3 Å². The molecule has 4 nitrogen and oxygen atoms in total. The quantitative estimate of drug-likeness (QED) is 0.489. The highest BCUT2D eigenvalue weighted by Crippen LogP contribution is 2.03. The van der Waals surface area contributed by atoms with E-state index in [-0.39, 0.29) is 6.42 Å². The highest BCUT2D eigenvalue weighted by Gasteiger charge is 2.17. The Balaban J connectivity index is 3.80. The van der Waals surface area contributed by atoms with Crippen molar-refractivity contribution in [3.8, 4) is 0 Å². The molecular weight excluding hydrogens is 168 g/mol. The fourth-order valence-corrected chi connectivity index (χ4v) is 0.988. The van der Waals surface area contributed by atoms with Gasteiger partial charge in [-0.1, -0.05) is 12.2 Å². The molecule has 0 aliphatic rings. The monoisotopic (exact) mass is 180 g/mol. The largest absolute Gasteiger partial charge is 0.375 e. The van der Waals surface area contributed by atoms with E-state index in [2.05, 4.69) is 0 Å². The van der Waals surface area contributed by atoms with Crippen LogP contribution in [0.1, 0.15) is 19.8 Å². The molecule has 0 aromatic carbocycles. The highest BCUT2D eigenvalue weighted by molar-refractivity contribution is 7.86. The van der Waals surface area contributed by atoms with E-state index in [1.165, 1.54) is 0 Å². The van der Waals surface area contributed by atoms with E-state index in [9.17, 15) is 8.42 Å². The molecule has 0 fully saturated rings. The first-order valence-corrected chi connectivity index (χ1v) is 4.74. The summed E-state index contributed by atoms with van der Waals surface area (Å²) in [6.45, 7) is 1.79. The van der Waals surface area contributed by atoms with Crippen molar-refractivity contribution in [3.05, 3.63) is 12.2 Å². The SMILES string of the molecule is CC=CCCC(O)S(=O)(=O)O. The smallest absolute Gasteiger partial charge is 0.292 e. The van der Waals surface area contributed by atoms with Crippen molar-refractivity contribution in [2.75, 3.05) is 0 Å². The number of hydrogen-bond acceptors (Lipinski definition) is 3. The van der Waals surface area contributed by atoms with Crippen molar-refractivity contribution in [1.29, 1.82) is 0 Å². The Hall–Kier alpha value is -0.390. The summed E-state index contributed by atoms with van der Waals surface area (Å²) in [5, 5.41) is 8.74. The van der Waals surface area contributed by atoms with Gasteiger partial charge in [-0.05, 0) is 19.8 Å². The highest BCUT2D eigenvalue weighted by atomic mass is 32.2. The van der Waals surface area contributed by atoms with E-state index in [1.807, 2.05) is 0 Å². The van der Waals surface area contributed by atoms with Gasteiger partial charge in [-0.25, -0.2) is 0 Å². The number of rotatable bonds is 4. The molecule has 66 valence electrons. The second kappa shape index (κ2) is 4.48. The fraction of sp³-hybridized carbons (Fsp3) is 0.667. The first-order chi connectivity index (χ1) is 4.98. The third-order valence-corrected chi connectivity index (χ3v) is 2.08. The maximum Gasteiger partial charge on any atom is 0.292 e. The molecule has 0 aliphatic carbocycles. The summed E-state index contributed by atoms with van der Waals surface area (Å²) >= 11 is 0. The van der Waals surface area contributed by atoms with Gasteiger partial charge in [-0.3, -0.25) is 4.55 Å². The van der Waals surface area contributed by atoms with Crippen LogP contribution in [0.5, 0.6) is 0 Å². The minimum Gasteiger partial charge on any atom is -0.375 e. The second-order valence-corrected chi connectivity index (χ2v) is 3.69. The lowest BCUT2D eigenvalue weighted by Gasteiger charge is -2.03. The first kappa shape index (κ1) is 10.6. The first-order valence-electron chi connectivity index (χ1n) is 3.24. The molecular formula is C6H12O4S. The molecule has 0 rings (SSSR count). The van der Waals surface area contributed by atoms with E-state index in [0.717, 1.165) is 0 Å². The predicted molar refractivity (Wildman–Crippen MR) is 41.6 cm³/mol. The van der Waals surface area contributed by atoms with Crippen LogP contribution in [-0.2, 0) is 10.1 Å². The molecule has 11 heavy (non-hydrogen) atoms. The van der Waals surface area contributed by atoms with Crippen molar-refractivity contribution in [3.63, 3.8) is 0 Å². The Bertz CT molecular complexity index is 217. The third-order valence-electron chi connectivity index (χ3n) is 1.16. The lowest BCUT2D eigenvalue weighted by atomic mass is 10.3. The summed E-state index contributed by atoms with van der Waals surface area (Å²) in [7, 11) is -4.26. The van der Waals surface area contributed by atoms with Crippen molar-refractivity contribution < 1.29 is 18.1 Å². The Morgan fingerprint density at radius 2 is 2.09 bits per heavy atom. The number of aliphatic hydroxyl groups excluding tert-OH is 1. The van der Waals surface area contributed by atoms with Crippen LogP contribution in [0.15, 0.2) is 12.2 Å². The second-order valence-electron chi connectivity index (χ2n) is 2.12. The molecule has 5 heteroatoms. The van der Waals surface area contributed by atoms with Gasteiger partial charge in [0.15, 0.2) is 5.44 Å². The predicted octanol–water partition coefficient (Wildman–Crippen LogP) is 0.549. The van der Waals surface area contributed by atoms with E-state index >= 15 is 0 Å². The van der Waals surface area contributed by atoms with Gasteiger partial charge >= 0.3 is 0 Å². The van der Waals surface area contributed by atoms with E-state index < -0.39 is 15.6 Å². The Morgan fingerprint density at radius 1 is 1.55 bits per heavy atom. The number of hydrogen-bond donors (Lipinski definition) is 2. The van der Waals surface area contributed by atoms with Gasteiger partial charge in [0.25, 0.3) is 10.1 Å². The van der Waals surface area contributed by atoms with Gasteiger partial charge in [0.05, 0.1) is 0 Å². The number of allylic oxidation sites excluding steroid dienone is 2. The third kappa shape index (κ3) is 4.94. The molecule has 0 aromatic rings. The van der Waals surface area contributed by atoms with Crippen LogP contribution >= 0.6 is 0 Å². The summed E-state index contributed by atoms with van der Waals surface area (Å²) in [6, 6.07) is 0. The van der Waals surface area contributed by atoms with Crippen LogP contribution < -0.4 is 0 Å². The van der Waals surface area contributed by atoms with Crippen LogP contribution in [0.25, 0.3) is 0 Å². The van der Waals surface area contributed by atoms with Gasteiger partial charge in [0.2, 0.25) is 0 Å². The average molecular weight is 180 g/mol. The van der Waals surface area contributed by atoms with Crippen molar-refractivity contribution >= 4 is 10.1 Å². The summed E-state index contributed by atoms with van der Waals surface area (Å²) in [4.78, 5) is 0. The molecule has 0 aliphatic heterocycles. The molecule has 2 N–H and O–H groups in total. The standard InChI is InChI=1S/C6H12O4S/c1-2-3-4-5-6(7)11(8,9)10/h2-3,6-7H,4-5H2,1H3,(H,8,9,10). The summed E-state index contributed by atoms with van der Waals surface area (Å²) in [6.07, 6.45) is 3.94. The van der Waals surface area contributed by atoms with Gasteiger partial charge in [-0.15, -0.1) is 0 Å². The van der Waals surface area contributed by atoms with Crippen molar-refractivity contribution in [1.82, 2.24) is 0 Å². The molecule has 0 spiro atoms. The van der Waals surface area contributed by atoms with E-state index in [0.29, 0.717) is 6.42 Å². The summed E-state index contributed by atoms with van der Waals surface area (Å²) in [5.74, 6) is 0. The topological polar surface area (TPSA) is 74.6 Å². The van der Waals surface area contributed by atoms with Crippen LogP contribution in [0, 0.1) is 0 Å². The molecule has 0 radical (unpaired) electrons. The van der Waals surface area contributed by atoms with E-state index in [1.54, 1.807) is 19.1 Å².